The fourth-order valence-corrected chi connectivity index (χ4v) is 4.77. The quantitative estimate of drug-likeness (QED) is 0.471. The van der Waals surface area contributed by atoms with Crippen LogP contribution in [0, 0.1) is 0 Å². The lowest BCUT2D eigenvalue weighted by atomic mass is 10.0. The van der Waals surface area contributed by atoms with E-state index in [0.717, 1.165) is 11.3 Å². The number of hydrogen-bond acceptors (Lipinski definition) is 6. The van der Waals surface area contributed by atoms with Crippen LogP contribution in [0.15, 0.2) is 46.7 Å². The predicted octanol–water partition coefficient (Wildman–Crippen LogP) is 3.15. The number of benzene rings is 1. The molecule has 1 heterocycles. The number of nitrogens with zero attached hydrogens (tertiary/aromatic N) is 1. The molecule has 10 heteroatoms. The molecule has 2 aromatic rings. The summed E-state index contributed by atoms with van der Waals surface area (Å²) in [5.41, 5.74) is -0.419. The highest BCUT2D eigenvalue weighted by Crippen LogP contribution is 2.19. The van der Waals surface area contributed by atoms with Crippen LogP contribution in [0.5, 0.6) is 5.75 Å². The highest BCUT2D eigenvalue weighted by Gasteiger charge is 2.32. The maximum atomic E-state index is 13.2. The zero-order valence-corrected chi connectivity index (χ0v) is 21.4. The second-order valence-corrected chi connectivity index (χ2v) is 11.1. The van der Waals surface area contributed by atoms with Crippen LogP contribution in [0.1, 0.15) is 45.4 Å². The molecule has 2 N–H and O–H groups in total. The minimum Gasteiger partial charge on any atom is -0.497 e. The third-order valence-corrected chi connectivity index (χ3v) is 7.70. The number of rotatable bonds is 12. The molecule has 33 heavy (non-hydrogen) atoms. The van der Waals surface area contributed by atoms with Crippen molar-refractivity contribution in [2.75, 3.05) is 13.7 Å². The summed E-state index contributed by atoms with van der Waals surface area (Å²) in [6, 6.07) is 8.91. The van der Waals surface area contributed by atoms with Gasteiger partial charge in [0.15, 0.2) is 0 Å². The number of sulfonamides is 1. The van der Waals surface area contributed by atoms with Gasteiger partial charge in [0.1, 0.15) is 11.8 Å². The molecule has 0 aliphatic heterocycles. The summed E-state index contributed by atoms with van der Waals surface area (Å²) >= 11 is 1.47. The van der Waals surface area contributed by atoms with Gasteiger partial charge >= 0.3 is 0 Å². The molecule has 0 saturated carbocycles. The first-order chi connectivity index (χ1) is 15.5. The summed E-state index contributed by atoms with van der Waals surface area (Å²) in [6.07, 6.45) is 1.13. The van der Waals surface area contributed by atoms with Crippen LogP contribution in [0.4, 0.5) is 0 Å². The average molecular weight is 496 g/mol. The molecule has 0 unspecified atom stereocenters. The van der Waals surface area contributed by atoms with E-state index < -0.39 is 34.1 Å². The van der Waals surface area contributed by atoms with Crippen LogP contribution in [0.3, 0.4) is 0 Å². The number of amides is 2. The van der Waals surface area contributed by atoms with Gasteiger partial charge in [-0.3, -0.25) is 9.59 Å². The minimum absolute atomic E-state index is 0.0235. The first-order valence-corrected chi connectivity index (χ1v) is 13.2. The molecule has 1 atom stereocenters. The van der Waals surface area contributed by atoms with Crippen LogP contribution in [0.2, 0.25) is 0 Å². The van der Waals surface area contributed by atoms with Crippen LogP contribution < -0.4 is 14.8 Å². The summed E-state index contributed by atoms with van der Waals surface area (Å²) in [7, 11) is -2.42. The zero-order valence-electron chi connectivity index (χ0n) is 19.8. The standard InChI is InChI=1S/C23H33N3O5S2/c1-6-20(22(28)25-23(3,4)7-2)26(16-18-9-8-14-32-18)21(27)15-24-33(29,30)19-12-10-17(31-5)11-13-19/h8-14,20,24H,6-7,15-16H2,1-5H3,(H,25,28)/t20-/m0/s1. The van der Waals surface area contributed by atoms with Crippen LogP contribution in [-0.4, -0.2) is 50.4 Å². The van der Waals surface area contributed by atoms with E-state index in [2.05, 4.69) is 10.0 Å². The molecular formula is C23H33N3O5S2. The number of carbonyl (C=O) groups excluding carboxylic acids is 2. The van der Waals surface area contributed by atoms with Gasteiger partial charge in [-0.1, -0.05) is 19.9 Å². The molecule has 0 radical (unpaired) electrons. The molecule has 8 nitrogen and oxygen atoms in total. The Hall–Kier alpha value is -2.43. The molecule has 0 aliphatic rings. The maximum Gasteiger partial charge on any atom is 0.243 e. The van der Waals surface area contributed by atoms with E-state index in [1.807, 2.05) is 45.2 Å². The van der Waals surface area contributed by atoms with Crippen molar-refractivity contribution in [3.05, 3.63) is 46.7 Å². The van der Waals surface area contributed by atoms with Crippen LogP contribution >= 0.6 is 11.3 Å². The lowest BCUT2D eigenvalue weighted by Crippen LogP contribution is -2.55. The van der Waals surface area contributed by atoms with E-state index in [1.165, 1.54) is 47.6 Å². The van der Waals surface area contributed by atoms with E-state index in [1.54, 1.807) is 0 Å². The predicted molar refractivity (Wildman–Crippen MR) is 130 cm³/mol. The molecule has 0 spiro atoms. The molecule has 1 aromatic carbocycles. The Labute approximate surface area is 200 Å². The van der Waals surface area contributed by atoms with Gasteiger partial charge in [-0.2, -0.15) is 0 Å². The van der Waals surface area contributed by atoms with Gasteiger partial charge in [-0.05, 0) is 62.4 Å². The SMILES string of the molecule is CC[C@@H](C(=O)NC(C)(C)CC)N(Cc1cccs1)C(=O)CNS(=O)(=O)c1ccc(OC)cc1. The monoisotopic (exact) mass is 495 g/mol. The third kappa shape index (κ3) is 7.55. The van der Waals surface area contributed by atoms with Crippen molar-refractivity contribution < 1.29 is 22.7 Å². The molecule has 0 aliphatic carbocycles. The zero-order chi connectivity index (χ0) is 24.6. The summed E-state index contributed by atoms with van der Waals surface area (Å²) in [5, 5.41) is 4.90. The average Bonchev–Trinajstić information content (AvgIpc) is 3.30. The number of methoxy groups -OCH3 is 1. The lowest BCUT2D eigenvalue weighted by molar-refractivity contribution is -0.141. The number of thiophene rings is 1. The van der Waals surface area contributed by atoms with Gasteiger partial charge in [-0.25, -0.2) is 13.1 Å². The normalized spacial score (nSPS) is 12.8. The van der Waals surface area contributed by atoms with Gasteiger partial charge in [0, 0.05) is 10.4 Å². The molecule has 2 amide bonds. The number of hydrogen-bond donors (Lipinski definition) is 2. The van der Waals surface area contributed by atoms with E-state index in [-0.39, 0.29) is 17.3 Å². The Kier molecular flexibility index (Phi) is 9.45. The highest BCUT2D eigenvalue weighted by molar-refractivity contribution is 7.89. The number of carbonyl (C=O) groups is 2. The molecule has 1 aromatic heterocycles. The van der Waals surface area contributed by atoms with Crippen LogP contribution in [0.25, 0.3) is 0 Å². The Morgan fingerprint density at radius 3 is 2.33 bits per heavy atom. The molecule has 2 rings (SSSR count). The summed E-state index contributed by atoms with van der Waals surface area (Å²) < 4.78 is 32.8. The Bertz CT molecular complexity index is 1020. The first kappa shape index (κ1) is 26.8. The smallest absolute Gasteiger partial charge is 0.243 e. The Morgan fingerprint density at radius 1 is 1.15 bits per heavy atom. The van der Waals surface area contributed by atoms with Crippen molar-refractivity contribution in [2.45, 2.75) is 63.6 Å². The largest absolute Gasteiger partial charge is 0.497 e. The molecular weight excluding hydrogens is 462 g/mol. The first-order valence-electron chi connectivity index (χ1n) is 10.8. The Balaban J connectivity index is 2.21. The van der Waals surface area contributed by atoms with Gasteiger partial charge in [0.2, 0.25) is 21.8 Å². The van der Waals surface area contributed by atoms with Crippen molar-refractivity contribution in [2.24, 2.45) is 0 Å². The van der Waals surface area contributed by atoms with E-state index in [9.17, 15) is 18.0 Å². The van der Waals surface area contributed by atoms with Crippen LogP contribution in [-0.2, 0) is 26.2 Å². The number of nitrogens with one attached hydrogen (secondary N) is 2. The maximum absolute atomic E-state index is 13.2. The Morgan fingerprint density at radius 2 is 1.82 bits per heavy atom. The second kappa shape index (κ2) is 11.6. The van der Waals surface area contributed by atoms with E-state index >= 15 is 0 Å². The summed E-state index contributed by atoms with van der Waals surface area (Å²) in [5.74, 6) is -0.206. The van der Waals surface area contributed by atoms with E-state index in [4.69, 9.17) is 4.74 Å². The topological polar surface area (TPSA) is 105 Å². The van der Waals surface area contributed by atoms with Crippen molar-refractivity contribution >= 4 is 33.2 Å². The third-order valence-electron chi connectivity index (χ3n) is 5.42. The van der Waals surface area contributed by atoms with Crippen molar-refractivity contribution in [1.82, 2.24) is 14.9 Å². The molecule has 0 bridgehead atoms. The summed E-state index contributed by atoms with van der Waals surface area (Å²) in [4.78, 5) is 28.6. The van der Waals surface area contributed by atoms with Gasteiger partial charge < -0.3 is 15.0 Å². The summed E-state index contributed by atoms with van der Waals surface area (Å²) in [6.45, 7) is 7.42. The fraction of sp³-hybridized carbons (Fsp3) is 0.478. The highest BCUT2D eigenvalue weighted by atomic mass is 32.2. The second-order valence-electron chi connectivity index (χ2n) is 8.25. The van der Waals surface area contributed by atoms with E-state index in [0.29, 0.717) is 12.2 Å². The van der Waals surface area contributed by atoms with Gasteiger partial charge in [-0.15, -0.1) is 11.3 Å². The van der Waals surface area contributed by atoms with Gasteiger partial charge in [0.05, 0.1) is 25.1 Å². The van der Waals surface area contributed by atoms with Gasteiger partial charge in [0.25, 0.3) is 0 Å². The lowest BCUT2D eigenvalue weighted by Gasteiger charge is -2.33. The van der Waals surface area contributed by atoms with Crippen molar-refractivity contribution in [3.8, 4) is 5.75 Å². The van der Waals surface area contributed by atoms with Crippen molar-refractivity contribution in [3.63, 3.8) is 0 Å². The fourth-order valence-electron chi connectivity index (χ4n) is 3.09. The molecule has 0 fully saturated rings. The molecule has 0 saturated heterocycles. The van der Waals surface area contributed by atoms with Crippen molar-refractivity contribution in [1.29, 1.82) is 0 Å². The minimum atomic E-state index is -3.91. The number of ether oxygens (including phenoxy) is 1. The molecule has 182 valence electrons.